The number of aromatic nitrogens is 1. The number of para-hydroxylation sites is 1. The van der Waals surface area contributed by atoms with Crippen molar-refractivity contribution in [1.29, 1.82) is 0 Å². The lowest BCUT2D eigenvalue weighted by atomic mass is 10.1. The third-order valence-corrected chi connectivity index (χ3v) is 5.65. The van der Waals surface area contributed by atoms with Crippen LogP contribution in [0.1, 0.15) is 28.9 Å². The topological polar surface area (TPSA) is 66.6 Å². The van der Waals surface area contributed by atoms with Crippen LogP contribution in [0.2, 0.25) is 0 Å². The van der Waals surface area contributed by atoms with E-state index in [-0.39, 0.29) is 5.91 Å². The van der Waals surface area contributed by atoms with E-state index in [1.807, 2.05) is 54.6 Å². The molecule has 4 rings (SSSR count). The molecule has 158 valence electrons. The second-order valence-electron chi connectivity index (χ2n) is 7.77. The first-order valence-electron chi connectivity index (χ1n) is 10.5. The van der Waals surface area contributed by atoms with Crippen LogP contribution in [-0.4, -0.2) is 55.2 Å². The maximum atomic E-state index is 12.5. The lowest BCUT2D eigenvalue weighted by molar-refractivity contribution is 0.0392. The van der Waals surface area contributed by atoms with Crippen LogP contribution < -0.4 is 10.1 Å². The van der Waals surface area contributed by atoms with Gasteiger partial charge in [0.15, 0.2) is 0 Å². The number of carbonyl (C=O) groups excluding carboxylic acids is 1. The molecule has 0 aliphatic carbocycles. The van der Waals surface area contributed by atoms with Crippen molar-refractivity contribution in [1.82, 2.24) is 15.2 Å². The van der Waals surface area contributed by atoms with Gasteiger partial charge in [0, 0.05) is 43.2 Å². The van der Waals surface area contributed by atoms with E-state index in [4.69, 9.17) is 9.47 Å². The van der Waals surface area contributed by atoms with E-state index in [0.717, 1.165) is 54.8 Å². The zero-order chi connectivity index (χ0) is 20.8. The molecule has 2 aromatic carbocycles. The number of hydrogen-bond donors (Lipinski definition) is 2. The monoisotopic (exact) mass is 407 g/mol. The molecule has 30 heavy (non-hydrogen) atoms. The number of nitrogens with zero attached hydrogens (tertiary/aromatic N) is 1. The van der Waals surface area contributed by atoms with Gasteiger partial charge in [-0.2, -0.15) is 0 Å². The highest BCUT2D eigenvalue weighted by molar-refractivity contribution is 5.97. The number of amides is 1. The predicted octanol–water partition coefficient (Wildman–Crippen LogP) is 3.59. The van der Waals surface area contributed by atoms with Gasteiger partial charge in [-0.25, -0.2) is 0 Å². The molecule has 2 N–H and O–H groups in total. The number of fused-ring (bicyclic) bond motifs is 1. The van der Waals surface area contributed by atoms with Gasteiger partial charge >= 0.3 is 0 Å². The predicted molar refractivity (Wildman–Crippen MR) is 118 cm³/mol. The van der Waals surface area contributed by atoms with Crippen molar-refractivity contribution in [2.75, 3.05) is 33.4 Å². The maximum absolute atomic E-state index is 12.5. The molecule has 1 aliphatic heterocycles. The van der Waals surface area contributed by atoms with Crippen molar-refractivity contribution < 1.29 is 14.3 Å². The number of aromatic amines is 1. The Balaban J connectivity index is 1.26. The van der Waals surface area contributed by atoms with Crippen LogP contribution >= 0.6 is 0 Å². The zero-order valence-electron chi connectivity index (χ0n) is 17.4. The summed E-state index contributed by atoms with van der Waals surface area (Å²) in [5, 5.41) is 4.01. The second-order valence-corrected chi connectivity index (χ2v) is 7.77. The fourth-order valence-corrected chi connectivity index (χ4v) is 3.83. The third kappa shape index (κ3) is 5.20. The lowest BCUT2D eigenvalue weighted by Gasteiger charge is -2.31. The number of ether oxygens (including phenoxy) is 2. The summed E-state index contributed by atoms with van der Waals surface area (Å²) in [6, 6.07) is 18.2. The molecule has 0 saturated carbocycles. The molecule has 1 amide bonds. The molecule has 0 spiro atoms. The van der Waals surface area contributed by atoms with Crippen LogP contribution in [0, 0.1) is 0 Å². The van der Waals surface area contributed by atoms with Crippen molar-refractivity contribution in [3.05, 3.63) is 65.9 Å². The summed E-state index contributed by atoms with van der Waals surface area (Å²) >= 11 is 0. The minimum absolute atomic E-state index is 0.115. The van der Waals surface area contributed by atoms with Gasteiger partial charge in [0.1, 0.15) is 18.1 Å². The van der Waals surface area contributed by atoms with Crippen LogP contribution in [0.5, 0.6) is 5.75 Å². The van der Waals surface area contributed by atoms with Gasteiger partial charge in [0.05, 0.1) is 0 Å². The highest BCUT2D eigenvalue weighted by Gasteiger charge is 2.18. The number of carbonyl (C=O) groups is 1. The fourth-order valence-electron chi connectivity index (χ4n) is 3.83. The number of H-pyrrole nitrogens is 1. The molecular weight excluding hydrogens is 378 g/mol. The molecular formula is C24H29N3O3. The maximum Gasteiger partial charge on any atom is 0.267 e. The molecule has 3 aromatic rings. The quantitative estimate of drug-likeness (QED) is 0.599. The zero-order valence-corrected chi connectivity index (χ0v) is 17.4. The molecule has 0 atom stereocenters. The third-order valence-electron chi connectivity index (χ3n) is 5.65. The Morgan fingerprint density at radius 1 is 1.17 bits per heavy atom. The Bertz CT molecular complexity index is 945. The molecule has 6 heteroatoms. The van der Waals surface area contributed by atoms with E-state index in [0.29, 0.717) is 24.9 Å². The Kier molecular flexibility index (Phi) is 6.67. The molecule has 0 unspecified atom stereocenters. The Morgan fingerprint density at radius 3 is 2.83 bits per heavy atom. The molecule has 6 nitrogen and oxygen atoms in total. The van der Waals surface area contributed by atoms with Crippen LogP contribution in [0.3, 0.4) is 0 Å². The molecule has 1 fully saturated rings. The Hall–Kier alpha value is -2.83. The average molecular weight is 408 g/mol. The van der Waals surface area contributed by atoms with E-state index >= 15 is 0 Å². The van der Waals surface area contributed by atoms with Crippen molar-refractivity contribution in [3.8, 4) is 5.75 Å². The first-order chi connectivity index (χ1) is 14.7. The Morgan fingerprint density at radius 2 is 2.00 bits per heavy atom. The summed E-state index contributed by atoms with van der Waals surface area (Å²) < 4.78 is 11.4. The van der Waals surface area contributed by atoms with Gasteiger partial charge in [-0.1, -0.05) is 30.3 Å². The minimum atomic E-state index is -0.115. The largest absolute Gasteiger partial charge is 0.492 e. The summed E-state index contributed by atoms with van der Waals surface area (Å²) in [6.45, 7) is 3.67. The van der Waals surface area contributed by atoms with Crippen LogP contribution in [0.25, 0.3) is 10.9 Å². The standard InChI is InChI=1S/C24H29N3O3/c1-27(20-9-12-29-13-10-20)11-14-30-21-7-4-5-18(15-21)17-25-24(28)23-16-19-6-2-3-8-22(19)26-23/h2-8,15-16,20,26H,9-14,17H2,1H3,(H,25,28). The van der Waals surface area contributed by atoms with Crippen LogP contribution in [-0.2, 0) is 11.3 Å². The van der Waals surface area contributed by atoms with Crippen molar-refractivity contribution in [3.63, 3.8) is 0 Å². The molecule has 2 heterocycles. The summed E-state index contributed by atoms with van der Waals surface area (Å²) in [5.41, 5.74) is 2.54. The smallest absolute Gasteiger partial charge is 0.267 e. The van der Waals surface area contributed by atoms with E-state index in [1.165, 1.54) is 0 Å². The molecule has 0 radical (unpaired) electrons. The van der Waals surface area contributed by atoms with Crippen molar-refractivity contribution in [2.24, 2.45) is 0 Å². The van der Waals surface area contributed by atoms with E-state index in [1.54, 1.807) is 0 Å². The summed E-state index contributed by atoms with van der Waals surface area (Å²) in [4.78, 5) is 18.0. The average Bonchev–Trinajstić information content (AvgIpc) is 3.23. The van der Waals surface area contributed by atoms with Gasteiger partial charge in [0.2, 0.25) is 0 Å². The van der Waals surface area contributed by atoms with Gasteiger partial charge in [-0.05, 0) is 49.7 Å². The molecule has 1 aliphatic rings. The number of rotatable bonds is 8. The number of nitrogens with one attached hydrogen (secondary N) is 2. The van der Waals surface area contributed by atoms with Crippen molar-refractivity contribution in [2.45, 2.75) is 25.4 Å². The first-order valence-corrected chi connectivity index (χ1v) is 10.5. The Labute approximate surface area is 177 Å². The number of benzene rings is 2. The summed E-state index contributed by atoms with van der Waals surface area (Å²) in [7, 11) is 2.15. The lowest BCUT2D eigenvalue weighted by Crippen LogP contribution is -2.38. The van der Waals surface area contributed by atoms with Crippen LogP contribution in [0.4, 0.5) is 0 Å². The first kappa shape index (κ1) is 20.4. The van der Waals surface area contributed by atoms with Crippen LogP contribution in [0.15, 0.2) is 54.6 Å². The normalized spacial score (nSPS) is 14.9. The number of hydrogen-bond acceptors (Lipinski definition) is 4. The highest BCUT2D eigenvalue weighted by atomic mass is 16.5. The van der Waals surface area contributed by atoms with E-state index in [2.05, 4.69) is 22.2 Å². The van der Waals surface area contributed by atoms with Crippen molar-refractivity contribution >= 4 is 16.8 Å². The number of likely N-dealkylation sites (N-methyl/N-ethyl adjacent to an activating group) is 1. The van der Waals surface area contributed by atoms with Gasteiger partial charge in [-0.15, -0.1) is 0 Å². The fraction of sp³-hybridized carbons (Fsp3) is 0.375. The molecule has 1 saturated heterocycles. The summed E-state index contributed by atoms with van der Waals surface area (Å²) in [5.74, 6) is 0.711. The van der Waals surface area contributed by atoms with E-state index < -0.39 is 0 Å². The molecule has 0 bridgehead atoms. The SMILES string of the molecule is CN(CCOc1cccc(CNC(=O)c2cc3ccccc3[nH]2)c1)C1CCOCC1. The van der Waals surface area contributed by atoms with Gasteiger partial charge < -0.3 is 19.8 Å². The highest BCUT2D eigenvalue weighted by Crippen LogP contribution is 2.17. The van der Waals surface area contributed by atoms with Gasteiger partial charge in [-0.3, -0.25) is 9.69 Å². The van der Waals surface area contributed by atoms with Gasteiger partial charge in [0.25, 0.3) is 5.91 Å². The minimum Gasteiger partial charge on any atom is -0.492 e. The summed E-state index contributed by atoms with van der Waals surface area (Å²) in [6.07, 6.45) is 2.17. The van der Waals surface area contributed by atoms with E-state index in [9.17, 15) is 4.79 Å². The molecule has 1 aromatic heterocycles. The second kappa shape index (κ2) is 9.78.